The number of primary amides is 1. The summed E-state index contributed by atoms with van der Waals surface area (Å²) in [7, 11) is 0. The van der Waals surface area contributed by atoms with E-state index in [9.17, 15) is 14.4 Å². The number of benzene rings is 1. The second-order valence-electron chi connectivity index (χ2n) is 5.22. The second-order valence-corrected chi connectivity index (χ2v) is 7.16. The first-order valence-corrected chi connectivity index (χ1v) is 9.29. The molecule has 2 rings (SSSR count). The Kier molecular flexibility index (Phi) is 6.70. The molecule has 0 saturated carbocycles. The first-order valence-electron chi connectivity index (χ1n) is 7.68. The highest BCUT2D eigenvalue weighted by molar-refractivity contribution is 9.10. The van der Waals surface area contributed by atoms with E-state index in [1.165, 1.54) is 6.08 Å². The summed E-state index contributed by atoms with van der Waals surface area (Å²) in [6.45, 7) is 3.49. The maximum atomic E-state index is 12.2. The molecule has 136 valence electrons. The Bertz CT molecular complexity index is 872. The maximum Gasteiger partial charge on any atom is 0.348 e. The van der Waals surface area contributed by atoms with Gasteiger partial charge in [0, 0.05) is 10.5 Å². The first-order chi connectivity index (χ1) is 12.3. The molecule has 0 radical (unpaired) electrons. The topological polar surface area (TPSA) is 98.5 Å². The highest BCUT2D eigenvalue weighted by atomic mass is 79.9. The zero-order valence-electron chi connectivity index (χ0n) is 14.2. The van der Waals surface area contributed by atoms with Gasteiger partial charge in [0.15, 0.2) is 0 Å². The van der Waals surface area contributed by atoms with E-state index < -0.39 is 17.8 Å². The van der Waals surface area contributed by atoms with Gasteiger partial charge in [-0.05, 0) is 43.2 Å². The van der Waals surface area contributed by atoms with Gasteiger partial charge < -0.3 is 15.8 Å². The lowest BCUT2D eigenvalue weighted by Gasteiger charge is -2.02. The summed E-state index contributed by atoms with van der Waals surface area (Å²) < 4.78 is 5.90. The fourth-order valence-corrected chi connectivity index (χ4v) is 3.56. The van der Waals surface area contributed by atoms with Crippen LogP contribution in [0.5, 0.6) is 0 Å². The third-order valence-electron chi connectivity index (χ3n) is 3.39. The van der Waals surface area contributed by atoms with Crippen LogP contribution in [0, 0.1) is 6.92 Å². The molecular formula is C18H17BrN2O4S. The lowest BCUT2D eigenvalue weighted by molar-refractivity contribution is -0.111. The van der Waals surface area contributed by atoms with Crippen molar-refractivity contribution < 1.29 is 19.1 Å². The van der Waals surface area contributed by atoms with Gasteiger partial charge in [-0.2, -0.15) is 0 Å². The van der Waals surface area contributed by atoms with Gasteiger partial charge in [-0.25, -0.2) is 4.79 Å². The summed E-state index contributed by atoms with van der Waals surface area (Å²) in [6, 6.07) is 7.40. The SMILES string of the molecule is CCOC(=O)c1sc(NC(=O)C=Cc2ccc(Br)cc2)c(C(N)=O)c1C. The largest absolute Gasteiger partial charge is 0.462 e. The molecule has 1 aromatic carbocycles. The maximum absolute atomic E-state index is 12.2. The molecule has 0 aliphatic heterocycles. The van der Waals surface area contributed by atoms with E-state index in [2.05, 4.69) is 21.2 Å². The van der Waals surface area contributed by atoms with Crippen LogP contribution in [0.15, 0.2) is 34.8 Å². The molecule has 0 unspecified atom stereocenters. The monoisotopic (exact) mass is 436 g/mol. The molecule has 0 fully saturated rings. The van der Waals surface area contributed by atoms with Crippen molar-refractivity contribution in [1.82, 2.24) is 0 Å². The van der Waals surface area contributed by atoms with Crippen molar-refractivity contribution in [3.8, 4) is 0 Å². The average Bonchev–Trinajstić information content (AvgIpc) is 2.91. The Hall–Kier alpha value is -2.45. The van der Waals surface area contributed by atoms with Crippen molar-refractivity contribution in [2.24, 2.45) is 5.73 Å². The van der Waals surface area contributed by atoms with E-state index in [1.807, 2.05) is 24.3 Å². The molecule has 3 N–H and O–H groups in total. The molecule has 0 spiro atoms. The van der Waals surface area contributed by atoms with Crippen LogP contribution in [-0.4, -0.2) is 24.4 Å². The molecule has 8 heteroatoms. The van der Waals surface area contributed by atoms with Crippen LogP contribution >= 0.6 is 27.3 Å². The van der Waals surface area contributed by atoms with Crippen LogP contribution in [0.2, 0.25) is 0 Å². The number of nitrogens with one attached hydrogen (secondary N) is 1. The number of hydrogen-bond acceptors (Lipinski definition) is 5. The molecule has 0 aliphatic carbocycles. The van der Waals surface area contributed by atoms with Crippen LogP contribution in [0.3, 0.4) is 0 Å². The minimum Gasteiger partial charge on any atom is -0.462 e. The summed E-state index contributed by atoms with van der Waals surface area (Å²) in [6.07, 6.45) is 2.98. The summed E-state index contributed by atoms with van der Waals surface area (Å²) in [5.41, 5.74) is 6.75. The molecular weight excluding hydrogens is 420 g/mol. The molecule has 0 bridgehead atoms. The Morgan fingerprint density at radius 2 is 1.92 bits per heavy atom. The van der Waals surface area contributed by atoms with E-state index in [0.29, 0.717) is 5.56 Å². The highest BCUT2D eigenvalue weighted by Gasteiger charge is 2.24. The molecule has 0 atom stereocenters. The number of carbonyl (C=O) groups excluding carboxylic acids is 3. The summed E-state index contributed by atoms with van der Waals surface area (Å²) >= 11 is 4.31. The molecule has 2 aromatic rings. The number of nitrogens with two attached hydrogens (primary N) is 1. The van der Waals surface area contributed by atoms with Gasteiger partial charge in [0.1, 0.15) is 9.88 Å². The van der Waals surface area contributed by atoms with Crippen molar-refractivity contribution in [3.63, 3.8) is 0 Å². The highest BCUT2D eigenvalue weighted by Crippen LogP contribution is 2.33. The summed E-state index contributed by atoms with van der Waals surface area (Å²) in [4.78, 5) is 36.1. The van der Waals surface area contributed by atoms with Crippen molar-refractivity contribution in [1.29, 1.82) is 0 Å². The normalized spacial score (nSPS) is 10.7. The Labute approximate surface area is 163 Å². The predicted octanol–water partition coefficient (Wildman–Crippen LogP) is 3.75. The van der Waals surface area contributed by atoms with Gasteiger partial charge in [0.25, 0.3) is 5.91 Å². The van der Waals surface area contributed by atoms with Gasteiger partial charge in [0.05, 0.1) is 12.2 Å². The third kappa shape index (κ3) is 4.80. The van der Waals surface area contributed by atoms with Crippen LogP contribution in [0.25, 0.3) is 6.08 Å². The standard InChI is InChI=1S/C18H17BrN2O4S/c1-3-25-18(24)15-10(2)14(16(20)23)17(26-15)21-13(22)9-6-11-4-7-12(19)8-5-11/h4-9H,3H2,1-2H3,(H2,20,23)(H,21,22). The molecule has 0 saturated heterocycles. The number of thiophene rings is 1. The molecule has 1 aromatic heterocycles. The van der Waals surface area contributed by atoms with Gasteiger partial charge in [0.2, 0.25) is 5.91 Å². The second kappa shape index (κ2) is 8.77. The average molecular weight is 437 g/mol. The number of ether oxygens (including phenoxy) is 1. The molecule has 0 aliphatic rings. The molecule has 26 heavy (non-hydrogen) atoms. The van der Waals surface area contributed by atoms with Crippen LogP contribution in [-0.2, 0) is 9.53 Å². The van der Waals surface area contributed by atoms with Crippen molar-refractivity contribution in [3.05, 3.63) is 56.4 Å². The minimum atomic E-state index is -0.721. The van der Waals surface area contributed by atoms with Gasteiger partial charge in [-0.1, -0.05) is 28.1 Å². The lowest BCUT2D eigenvalue weighted by atomic mass is 10.1. The van der Waals surface area contributed by atoms with E-state index in [-0.39, 0.29) is 22.0 Å². The van der Waals surface area contributed by atoms with E-state index in [1.54, 1.807) is 19.9 Å². The Morgan fingerprint density at radius 1 is 1.27 bits per heavy atom. The third-order valence-corrected chi connectivity index (χ3v) is 5.10. The fraction of sp³-hybridized carbons (Fsp3) is 0.167. The van der Waals surface area contributed by atoms with E-state index in [4.69, 9.17) is 10.5 Å². The molecule has 2 amide bonds. The van der Waals surface area contributed by atoms with E-state index >= 15 is 0 Å². The summed E-state index contributed by atoms with van der Waals surface area (Å²) in [5.74, 6) is -1.71. The van der Waals surface area contributed by atoms with Crippen LogP contribution in [0.4, 0.5) is 5.00 Å². The smallest absolute Gasteiger partial charge is 0.348 e. The van der Waals surface area contributed by atoms with Gasteiger partial charge in [-0.3, -0.25) is 9.59 Å². The van der Waals surface area contributed by atoms with Crippen molar-refractivity contribution >= 4 is 56.1 Å². The molecule has 6 nitrogen and oxygen atoms in total. The van der Waals surface area contributed by atoms with Crippen LogP contribution < -0.4 is 11.1 Å². The Balaban J connectivity index is 2.23. The van der Waals surface area contributed by atoms with E-state index in [0.717, 1.165) is 21.4 Å². The van der Waals surface area contributed by atoms with Gasteiger partial charge in [-0.15, -0.1) is 11.3 Å². The van der Waals surface area contributed by atoms with Crippen molar-refractivity contribution in [2.75, 3.05) is 11.9 Å². The zero-order valence-corrected chi connectivity index (χ0v) is 16.6. The number of esters is 1. The quantitative estimate of drug-likeness (QED) is 0.531. The number of rotatable bonds is 6. The first kappa shape index (κ1) is 19.9. The fourth-order valence-electron chi connectivity index (χ4n) is 2.19. The number of carbonyl (C=O) groups is 3. The summed E-state index contributed by atoms with van der Waals surface area (Å²) in [5, 5.41) is 2.83. The zero-order chi connectivity index (χ0) is 19.3. The Morgan fingerprint density at radius 3 is 2.50 bits per heavy atom. The number of hydrogen-bond donors (Lipinski definition) is 2. The number of halogens is 1. The number of amides is 2. The van der Waals surface area contributed by atoms with Gasteiger partial charge >= 0.3 is 5.97 Å². The molecule has 1 heterocycles. The lowest BCUT2D eigenvalue weighted by Crippen LogP contribution is -2.16. The number of anilines is 1. The predicted molar refractivity (Wildman–Crippen MR) is 105 cm³/mol. The van der Waals surface area contributed by atoms with Crippen molar-refractivity contribution in [2.45, 2.75) is 13.8 Å². The van der Waals surface area contributed by atoms with Crippen LogP contribution in [0.1, 0.15) is 38.1 Å². The minimum absolute atomic E-state index is 0.114.